The van der Waals surface area contributed by atoms with Crippen LogP contribution in [-0.2, 0) is 4.79 Å². The predicted octanol–water partition coefficient (Wildman–Crippen LogP) is 6.54. The summed E-state index contributed by atoms with van der Waals surface area (Å²) in [5.41, 5.74) is 3.12. The monoisotopic (exact) mass is 328 g/mol. The van der Waals surface area contributed by atoms with Gasteiger partial charge in [-0.2, -0.15) is 0 Å². The third-order valence-corrected chi connectivity index (χ3v) is 3.24. The highest BCUT2D eigenvalue weighted by molar-refractivity contribution is 5.66. The number of carboxylic acid groups (broad SMARTS) is 1. The van der Waals surface area contributed by atoms with E-state index in [1.807, 2.05) is 36.5 Å². The summed E-state index contributed by atoms with van der Waals surface area (Å²) in [6.07, 6.45) is 29.3. The molecule has 0 aromatic heterocycles. The highest BCUT2D eigenvalue weighted by Gasteiger charge is 1.90. The van der Waals surface area contributed by atoms with Gasteiger partial charge in [0.2, 0.25) is 0 Å². The Labute approximate surface area is 147 Å². The molecule has 0 spiro atoms. The molecule has 0 amide bonds. The van der Waals surface area contributed by atoms with Gasteiger partial charge in [0.05, 0.1) is 0 Å². The van der Waals surface area contributed by atoms with Crippen molar-refractivity contribution in [3.63, 3.8) is 0 Å². The summed E-state index contributed by atoms with van der Waals surface area (Å²) in [5, 5.41) is 8.48. The van der Waals surface area contributed by atoms with Crippen molar-refractivity contribution in [3.05, 3.63) is 66.5 Å². The van der Waals surface area contributed by atoms with Crippen LogP contribution in [0.4, 0.5) is 0 Å². The lowest BCUT2D eigenvalue weighted by Crippen LogP contribution is -1.91. The molecule has 2 heteroatoms. The zero-order chi connectivity index (χ0) is 17.7. The minimum absolute atomic E-state index is 0.199. The minimum Gasteiger partial charge on any atom is -0.481 e. The number of hydrogen-bond acceptors (Lipinski definition) is 1. The number of allylic oxidation sites excluding steroid dienone is 9. The van der Waals surface area contributed by atoms with Crippen LogP contribution in [0, 0.1) is 0 Å². The van der Waals surface area contributed by atoms with Crippen molar-refractivity contribution in [3.8, 4) is 0 Å². The first-order chi connectivity index (χ1) is 11.8. The Hall–Kier alpha value is -2.05. The molecule has 24 heavy (non-hydrogen) atoms. The summed E-state index contributed by atoms with van der Waals surface area (Å²) in [6, 6.07) is 0. The fourth-order valence-electron chi connectivity index (χ4n) is 1.90. The van der Waals surface area contributed by atoms with Gasteiger partial charge < -0.3 is 5.11 Å². The summed E-state index contributed by atoms with van der Waals surface area (Å²) in [6.45, 7) is 2.23. The van der Waals surface area contributed by atoms with Crippen molar-refractivity contribution in [2.45, 2.75) is 64.7 Å². The normalized spacial score (nSPS) is 11.7. The summed E-state index contributed by atoms with van der Waals surface area (Å²) >= 11 is 0. The number of unbranched alkanes of at least 4 members (excludes halogenated alkanes) is 3. The first-order valence-corrected chi connectivity index (χ1v) is 9.00. The van der Waals surface area contributed by atoms with Crippen molar-refractivity contribution >= 4 is 5.97 Å². The lowest BCUT2D eigenvalue weighted by molar-refractivity contribution is -0.136. The Bertz CT molecular complexity index is 472. The van der Waals surface area contributed by atoms with E-state index in [1.54, 1.807) is 0 Å². The van der Waals surface area contributed by atoms with E-state index in [2.05, 4.69) is 37.0 Å². The number of aliphatic carboxylic acids is 1. The molecule has 0 bridgehead atoms. The first kappa shape index (κ1) is 21.9. The summed E-state index contributed by atoms with van der Waals surface area (Å²) in [5.74, 6) is -0.750. The van der Waals surface area contributed by atoms with Crippen LogP contribution in [0.1, 0.15) is 64.7 Å². The Kier molecular flexibility index (Phi) is 17.4. The Morgan fingerprint density at radius 1 is 0.875 bits per heavy atom. The fraction of sp³-hybridized carbons (Fsp3) is 0.455. The summed E-state index contributed by atoms with van der Waals surface area (Å²) in [4.78, 5) is 10.3. The molecule has 0 aliphatic carbocycles. The number of carboxylic acids is 1. The Balaban J connectivity index is 3.61. The molecule has 2 nitrogen and oxygen atoms in total. The predicted molar refractivity (Wildman–Crippen MR) is 104 cm³/mol. The highest BCUT2D eigenvalue weighted by atomic mass is 16.4. The zero-order valence-corrected chi connectivity index (χ0v) is 15.0. The van der Waals surface area contributed by atoms with E-state index in [9.17, 15) is 4.79 Å². The van der Waals surface area contributed by atoms with Gasteiger partial charge in [-0.1, -0.05) is 68.4 Å². The van der Waals surface area contributed by atoms with Gasteiger partial charge >= 0.3 is 5.97 Å². The van der Waals surface area contributed by atoms with Crippen LogP contribution in [0.25, 0.3) is 0 Å². The van der Waals surface area contributed by atoms with Crippen LogP contribution < -0.4 is 0 Å². The molecule has 0 aromatic carbocycles. The van der Waals surface area contributed by atoms with E-state index in [-0.39, 0.29) is 6.42 Å². The van der Waals surface area contributed by atoms with Gasteiger partial charge in [0, 0.05) is 6.42 Å². The average molecular weight is 328 g/mol. The molecule has 0 aliphatic heterocycles. The van der Waals surface area contributed by atoms with E-state index in [1.165, 1.54) is 25.7 Å². The van der Waals surface area contributed by atoms with Crippen LogP contribution in [0.2, 0.25) is 0 Å². The van der Waals surface area contributed by atoms with E-state index in [0.29, 0.717) is 6.42 Å². The number of rotatable bonds is 14. The van der Waals surface area contributed by atoms with Crippen molar-refractivity contribution in [1.29, 1.82) is 0 Å². The number of carbonyl (C=O) groups is 1. The lowest BCUT2D eigenvalue weighted by Gasteiger charge is -1.90. The maximum Gasteiger partial charge on any atom is 0.303 e. The van der Waals surface area contributed by atoms with Gasteiger partial charge in [-0.05, 0) is 50.7 Å². The second kappa shape index (κ2) is 19.0. The molecular formula is C22H32O2. The van der Waals surface area contributed by atoms with E-state index in [4.69, 9.17) is 5.11 Å². The quantitative estimate of drug-likeness (QED) is 0.170. The molecule has 0 radical (unpaired) electrons. The van der Waals surface area contributed by atoms with Gasteiger partial charge in [-0.15, -0.1) is 5.73 Å². The molecule has 0 atom stereocenters. The third kappa shape index (κ3) is 19.9. The van der Waals surface area contributed by atoms with Crippen molar-refractivity contribution in [1.82, 2.24) is 0 Å². The standard InChI is InChI=1S/C22H32O2/c1-2-3-4-5-6-7-8-9-10-11-12-13-14-15-16-17-18-19-20-21-22(23)24/h6-7,9-10,12,14-16,18-19H,2-5,8,11,17,20-21H2,1H3,(H,23,24). The number of hydrogen-bond donors (Lipinski definition) is 1. The van der Waals surface area contributed by atoms with Crippen molar-refractivity contribution in [2.24, 2.45) is 0 Å². The largest absolute Gasteiger partial charge is 0.481 e. The minimum atomic E-state index is -0.750. The third-order valence-electron chi connectivity index (χ3n) is 3.24. The summed E-state index contributed by atoms with van der Waals surface area (Å²) in [7, 11) is 0. The Morgan fingerprint density at radius 3 is 2.29 bits per heavy atom. The van der Waals surface area contributed by atoms with E-state index >= 15 is 0 Å². The molecular weight excluding hydrogens is 296 g/mol. The van der Waals surface area contributed by atoms with Gasteiger partial charge in [0.15, 0.2) is 0 Å². The van der Waals surface area contributed by atoms with Gasteiger partial charge in [-0.25, -0.2) is 0 Å². The SMILES string of the molecule is CCCCCC=CCC=CCC=C=CC=CCC=CCCC(=O)O. The molecule has 0 aliphatic rings. The van der Waals surface area contributed by atoms with Gasteiger partial charge in [0.25, 0.3) is 0 Å². The van der Waals surface area contributed by atoms with Crippen LogP contribution in [-0.4, -0.2) is 11.1 Å². The van der Waals surface area contributed by atoms with E-state index in [0.717, 1.165) is 19.3 Å². The van der Waals surface area contributed by atoms with Crippen LogP contribution in [0.15, 0.2) is 66.5 Å². The van der Waals surface area contributed by atoms with E-state index < -0.39 is 5.97 Å². The maximum atomic E-state index is 10.3. The molecule has 0 aromatic rings. The maximum absolute atomic E-state index is 10.3. The van der Waals surface area contributed by atoms with Gasteiger partial charge in [-0.3, -0.25) is 4.79 Å². The topological polar surface area (TPSA) is 37.3 Å². The van der Waals surface area contributed by atoms with Crippen LogP contribution in [0.3, 0.4) is 0 Å². The average Bonchev–Trinajstić information content (AvgIpc) is 2.56. The molecule has 0 saturated heterocycles. The molecule has 0 saturated carbocycles. The smallest absolute Gasteiger partial charge is 0.303 e. The van der Waals surface area contributed by atoms with Crippen molar-refractivity contribution < 1.29 is 9.90 Å². The van der Waals surface area contributed by atoms with Crippen LogP contribution >= 0.6 is 0 Å². The molecule has 0 unspecified atom stereocenters. The van der Waals surface area contributed by atoms with Crippen molar-refractivity contribution in [2.75, 3.05) is 0 Å². The molecule has 0 rings (SSSR count). The first-order valence-electron chi connectivity index (χ1n) is 9.00. The second-order valence-electron chi connectivity index (χ2n) is 5.52. The second-order valence-corrected chi connectivity index (χ2v) is 5.52. The molecule has 132 valence electrons. The highest BCUT2D eigenvalue weighted by Crippen LogP contribution is 2.00. The molecule has 0 heterocycles. The molecule has 0 fully saturated rings. The molecule has 1 N–H and O–H groups in total. The lowest BCUT2D eigenvalue weighted by atomic mass is 10.2. The summed E-state index contributed by atoms with van der Waals surface area (Å²) < 4.78 is 0. The zero-order valence-electron chi connectivity index (χ0n) is 15.0. The fourth-order valence-corrected chi connectivity index (χ4v) is 1.90. The van der Waals surface area contributed by atoms with Gasteiger partial charge in [0.1, 0.15) is 0 Å². The Morgan fingerprint density at radius 2 is 1.54 bits per heavy atom. The van der Waals surface area contributed by atoms with Crippen LogP contribution in [0.5, 0.6) is 0 Å².